The van der Waals surface area contributed by atoms with E-state index in [1.54, 1.807) is 0 Å². The van der Waals surface area contributed by atoms with Crippen molar-refractivity contribution in [3.8, 4) is 23.0 Å². The normalized spacial score (nSPS) is 13.6. The molecular weight excluding hydrogens is 887 g/mol. The lowest BCUT2D eigenvalue weighted by atomic mass is 9.76. The molecule has 7 heteroatoms. The first kappa shape index (κ1) is 56.5. The van der Waals surface area contributed by atoms with Crippen LogP contribution in [0, 0.1) is 0 Å². The minimum absolute atomic E-state index is 0.0682. The van der Waals surface area contributed by atoms with Crippen LogP contribution in [0.2, 0.25) is 0 Å². The van der Waals surface area contributed by atoms with Gasteiger partial charge in [-0.25, -0.2) is 0 Å². The molecule has 72 heavy (non-hydrogen) atoms. The molecular formula is C65H95N3O4. The second kappa shape index (κ2) is 24.1. The van der Waals surface area contributed by atoms with E-state index in [2.05, 4.69) is 187 Å². The van der Waals surface area contributed by atoms with Gasteiger partial charge < -0.3 is 18.9 Å². The van der Waals surface area contributed by atoms with Crippen LogP contribution in [-0.2, 0) is 53.9 Å². The molecule has 5 aromatic rings. The Balaban J connectivity index is 1.81. The van der Waals surface area contributed by atoms with Gasteiger partial charge in [0.1, 0.15) is 23.0 Å². The van der Waals surface area contributed by atoms with Gasteiger partial charge in [0.05, 0.1) is 32.1 Å². The molecule has 0 spiro atoms. The summed E-state index contributed by atoms with van der Waals surface area (Å²) in [6.45, 7) is 42.5. The van der Waals surface area contributed by atoms with Gasteiger partial charge >= 0.3 is 0 Å². The zero-order valence-electron chi connectivity index (χ0n) is 48.3. The summed E-state index contributed by atoms with van der Waals surface area (Å²) in [5.41, 5.74) is 15.4. The van der Waals surface area contributed by atoms with Crippen LogP contribution >= 0.6 is 0 Å². The Hall–Kier alpha value is -4.78. The van der Waals surface area contributed by atoms with Gasteiger partial charge in [-0.15, -0.1) is 5.10 Å². The number of benzene rings is 4. The van der Waals surface area contributed by atoms with Crippen LogP contribution in [0.5, 0.6) is 23.0 Å². The first-order valence-electron chi connectivity index (χ1n) is 28.1. The maximum Gasteiger partial charge on any atom is 0.126 e. The Labute approximate surface area is 437 Å². The van der Waals surface area contributed by atoms with Crippen molar-refractivity contribution in [1.82, 2.24) is 15.0 Å². The van der Waals surface area contributed by atoms with E-state index in [1.165, 1.54) is 66.8 Å². The minimum atomic E-state index is -0.143. The number of fused-ring (bicyclic) bond motifs is 8. The molecule has 0 radical (unpaired) electrons. The molecule has 0 N–H and O–H groups in total. The van der Waals surface area contributed by atoms with Crippen molar-refractivity contribution in [2.75, 3.05) is 26.4 Å². The Bertz CT molecular complexity index is 2420. The lowest BCUT2D eigenvalue weighted by Crippen LogP contribution is -2.19. The van der Waals surface area contributed by atoms with E-state index >= 15 is 0 Å². The molecule has 1 aliphatic carbocycles. The van der Waals surface area contributed by atoms with E-state index in [4.69, 9.17) is 18.9 Å². The van der Waals surface area contributed by atoms with E-state index in [0.717, 1.165) is 93.0 Å². The monoisotopic (exact) mass is 982 g/mol. The first-order valence-corrected chi connectivity index (χ1v) is 28.1. The minimum Gasteiger partial charge on any atom is -0.493 e. The molecule has 0 saturated carbocycles. The summed E-state index contributed by atoms with van der Waals surface area (Å²) in [4.78, 5) is 0. The summed E-state index contributed by atoms with van der Waals surface area (Å²) >= 11 is 0. The summed E-state index contributed by atoms with van der Waals surface area (Å²) in [7, 11) is 0. The number of rotatable bonds is 19. The highest BCUT2D eigenvalue weighted by Gasteiger charge is 2.33. The van der Waals surface area contributed by atoms with Gasteiger partial charge in [0, 0.05) is 49.0 Å². The second-order valence-corrected chi connectivity index (χ2v) is 25.1. The largest absolute Gasteiger partial charge is 0.493 e. The summed E-state index contributed by atoms with van der Waals surface area (Å²) in [6, 6.07) is 19.6. The van der Waals surface area contributed by atoms with Crippen molar-refractivity contribution in [1.29, 1.82) is 0 Å². The van der Waals surface area contributed by atoms with Crippen LogP contribution in [0.4, 0.5) is 0 Å². The van der Waals surface area contributed by atoms with Gasteiger partial charge in [0.25, 0.3) is 0 Å². The Kier molecular flexibility index (Phi) is 18.9. The maximum atomic E-state index is 7.25. The van der Waals surface area contributed by atoms with E-state index in [0.29, 0.717) is 45.7 Å². The fraction of sp³-hybridized carbons (Fsp3) is 0.600. The summed E-state index contributed by atoms with van der Waals surface area (Å²) in [5.74, 6) is 3.90. The predicted molar refractivity (Wildman–Crippen MR) is 302 cm³/mol. The van der Waals surface area contributed by atoms with Crippen molar-refractivity contribution in [3.63, 3.8) is 0 Å². The quantitative estimate of drug-likeness (QED) is 0.0821. The molecule has 0 saturated heterocycles. The van der Waals surface area contributed by atoms with Crippen molar-refractivity contribution < 1.29 is 18.9 Å². The molecule has 8 bridgehead atoms. The highest BCUT2D eigenvalue weighted by molar-refractivity contribution is 5.61. The van der Waals surface area contributed by atoms with Crippen molar-refractivity contribution >= 4 is 0 Å². The van der Waals surface area contributed by atoms with Crippen molar-refractivity contribution in [2.45, 2.75) is 229 Å². The zero-order chi connectivity index (χ0) is 52.6. The Morgan fingerprint density at radius 1 is 0.444 bits per heavy atom. The molecule has 394 valence electrons. The number of unbranched alkanes of at least 4 members (excludes halogenated alkanes) is 1. The molecule has 0 fully saturated rings. The van der Waals surface area contributed by atoms with E-state index < -0.39 is 0 Å². The Morgan fingerprint density at radius 3 is 1.11 bits per heavy atom. The van der Waals surface area contributed by atoms with Gasteiger partial charge in [-0.2, -0.15) is 0 Å². The summed E-state index contributed by atoms with van der Waals surface area (Å²) in [6.07, 6.45) is 12.7. The predicted octanol–water partition coefficient (Wildman–Crippen LogP) is 16.7. The number of nitrogens with zero attached hydrogens (tertiary/aromatic N) is 3. The molecule has 0 aliphatic heterocycles. The molecule has 0 unspecified atom stereocenters. The van der Waals surface area contributed by atoms with E-state index in [-0.39, 0.29) is 27.6 Å². The number of ether oxygens (including phenoxy) is 4. The van der Waals surface area contributed by atoms with E-state index in [1.807, 2.05) is 0 Å². The summed E-state index contributed by atoms with van der Waals surface area (Å²) < 4.78 is 30.7. The number of aryl methyl sites for hydroxylation is 2. The zero-order valence-corrected chi connectivity index (χ0v) is 48.3. The van der Waals surface area contributed by atoms with Crippen LogP contribution in [-0.4, -0.2) is 41.4 Å². The van der Waals surface area contributed by atoms with Gasteiger partial charge in [-0.05, 0) is 129 Å². The van der Waals surface area contributed by atoms with Crippen LogP contribution in [0.15, 0.2) is 54.7 Å². The van der Waals surface area contributed by atoms with Crippen LogP contribution < -0.4 is 18.9 Å². The molecule has 1 aromatic heterocycles. The standard InChI is InChI=1S/C65H95N3O4/c1-18-23-25-54-43-68(67-66-54)27-24-26-55-56-41-52(64(12,13)14)39-48(60(56)71-30-21-4)33-46-37-50(62(6,7)8)35-44(58(46)69-28-19-2)32-45-36-51(63(9,10)11)38-47(59(45)70-29-20-3)34-49-40-53(65(15,16)17)42-57(55)61(49)72-31-22-5/h35-43,55H,18-34H2,1-17H3. The van der Waals surface area contributed by atoms with Gasteiger partial charge in [-0.1, -0.05) is 178 Å². The van der Waals surface area contributed by atoms with E-state index in [9.17, 15) is 0 Å². The smallest absolute Gasteiger partial charge is 0.126 e. The van der Waals surface area contributed by atoms with Crippen LogP contribution in [0.1, 0.15) is 247 Å². The summed E-state index contributed by atoms with van der Waals surface area (Å²) in [5, 5.41) is 9.25. The van der Waals surface area contributed by atoms with Gasteiger partial charge in [-0.3, -0.25) is 4.68 Å². The second-order valence-electron chi connectivity index (χ2n) is 25.1. The molecule has 4 aromatic carbocycles. The fourth-order valence-corrected chi connectivity index (χ4v) is 9.98. The van der Waals surface area contributed by atoms with Crippen molar-refractivity contribution in [2.24, 2.45) is 0 Å². The topological polar surface area (TPSA) is 67.6 Å². The highest BCUT2D eigenvalue weighted by Crippen LogP contribution is 2.49. The lowest BCUT2D eigenvalue weighted by molar-refractivity contribution is 0.301. The lowest BCUT2D eigenvalue weighted by Gasteiger charge is -2.32. The first-order chi connectivity index (χ1) is 34.0. The molecule has 7 nitrogen and oxygen atoms in total. The van der Waals surface area contributed by atoms with Gasteiger partial charge in [0.2, 0.25) is 0 Å². The maximum absolute atomic E-state index is 7.25. The molecule has 0 amide bonds. The third kappa shape index (κ3) is 14.1. The number of aromatic nitrogens is 3. The average molecular weight is 982 g/mol. The number of hydrogen-bond donors (Lipinski definition) is 0. The number of hydrogen-bond acceptors (Lipinski definition) is 6. The fourth-order valence-electron chi connectivity index (χ4n) is 9.98. The highest BCUT2D eigenvalue weighted by atomic mass is 16.5. The third-order valence-corrected chi connectivity index (χ3v) is 14.3. The van der Waals surface area contributed by atoms with Crippen molar-refractivity contribution in [3.05, 3.63) is 127 Å². The van der Waals surface area contributed by atoms with Crippen LogP contribution in [0.3, 0.4) is 0 Å². The van der Waals surface area contributed by atoms with Crippen LogP contribution in [0.25, 0.3) is 0 Å². The SMILES string of the molecule is CCCCc1cn(CCCC2c3cc(C(C)(C)C)cc(c3OCCC)Cc3cc(C(C)(C)C)cc(c3OCCC)Cc3cc(C(C)(C)C)cc(c3OCCC)Cc3cc(C(C)(C)C)cc2c3OCCC)nn1. The molecule has 1 heterocycles. The third-order valence-electron chi connectivity index (χ3n) is 14.3. The van der Waals surface area contributed by atoms with Gasteiger partial charge in [0.15, 0.2) is 0 Å². The Morgan fingerprint density at radius 2 is 0.778 bits per heavy atom. The average Bonchev–Trinajstić information content (AvgIpc) is 3.76. The molecule has 1 aliphatic rings. The molecule has 0 atom stereocenters. The molecule has 6 rings (SSSR count).